The molecule has 18 heavy (non-hydrogen) atoms. The molecule has 94 valence electrons. The molecule has 0 aliphatic heterocycles. The Morgan fingerprint density at radius 2 is 2.22 bits per heavy atom. The monoisotopic (exact) mass is 263 g/mol. The Bertz CT molecular complexity index is 565. The van der Waals surface area contributed by atoms with Gasteiger partial charge in [-0.05, 0) is 18.6 Å². The van der Waals surface area contributed by atoms with Crippen molar-refractivity contribution in [2.45, 2.75) is 19.4 Å². The van der Waals surface area contributed by atoms with Crippen molar-refractivity contribution >= 4 is 17.5 Å². The average Bonchev–Trinajstić information content (AvgIpc) is 2.79. The number of amides is 1. The highest BCUT2D eigenvalue weighted by Gasteiger charge is 2.15. The Morgan fingerprint density at radius 1 is 1.50 bits per heavy atom. The van der Waals surface area contributed by atoms with Gasteiger partial charge in [-0.3, -0.25) is 4.79 Å². The summed E-state index contributed by atoms with van der Waals surface area (Å²) >= 11 is 6.11. The van der Waals surface area contributed by atoms with Crippen molar-refractivity contribution in [2.75, 3.05) is 0 Å². The lowest BCUT2D eigenvalue weighted by atomic mass is 10.1. The molecule has 0 aliphatic rings. The predicted molar refractivity (Wildman–Crippen MR) is 70.4 cm³/mol. The highest BCUT2D eigenvalue weighted by Crippen LogP contribution is 2.19. The Labute approximate surface area is 110 Å². The van der Waals surface area contributed by atoms with Crippen LogP contribution < -0.4 is 5.73 Å². The molecular weight excluding hydrogens is 250 g/mol. The third-order valence-electron chi connectivity index (χ3n) is 2.88. The maximum absolute atomic E-state index is 11.2. The van der Waals surface area contributed by atoms with Crippen molar-refractivity contribution in [1.82, 2.24) is 9.55 Å². The van der Waals surface area contributed by atoms with E-state index in [0.29, 0.717) is 11.4 Å². The number of primary amides is 1. The van der Waals surface area contributed by atoms with Crippen molar-refractivity contribution in [2.24, 2.45) is 5.73 Å². The van der Waals surface area contributed by atoms with Gasteiger partial charge in [0.05, 0.1) is 0 Å². The number of imidazole rings is 1. The molecule has 1 amide bonds. The van der Waals surface area contributed by atoms with Gasteiger partial charge in [0, 0.05) is 23.8 Å². The van der Waals surface area contributed by atoms with E-state index in [1.165, 1.54) is 0 Å². The molecule has 1 heterocycles. The second kappa shape index (κ2) is 5.23. The molecular formula is C13H14ClN3O. The van der Waals surface area contributed by atoms with Crippen LogP contribution in [0, 0.1) is 0 Å². The molecule has 0 saturated heterocycles. The van der Waals surface area contributed by atoms with Crippen molar-refractivity contribution < 1.29 is 4.79 Å². The molecule has 0 saturated carbocycles. The molecule has 0 fully saturated rings. The van der Waals surface area contributed by atoms with Crippen LogP contribution in [0.15, 0.2) is 36.7 Å². The molecule has 1 unspecified atom stereocenters. The number of benzene rings is 1. The summed E-state index contributed by atoms with van der Waals surface area (Å²) in [7, 11) is 0. The van der Waals surface area contributed by atoms with E-state index in [2.05, 4.69) is 4.98 Å². The number of halogens is 1. The van der Waals surface area contributed by atoms with E-state index >= 15 is 0 Å². The van der Waals surface area contributed by atoms with Gasteiger partial charge < -0.3 is 10.3 Å². The van der Waals surface area contributed by atoms with Crippen molar-refractivity contribution in [3.63, 3.8) is 0 Å². The van der Waals surface area contributed by atoms with Crippen molar-refractivity contribution in [3.05, 3.63) is 53.1 Å². The summed E-state index contributed by atoms with van der Waals surface area (Å²) < 4.78 is 1.77. The zero-order valence-electron chi connectivity index (χ0n) is 10.0. The van der Waals surface area contributed by atoms with Gasteiger partial charge in [0.25, 0.3) is 0 Å². The number of rotatable bonds is 4. The number of carbonyl (C=O) groups excluding carboxylic acids is 1. The van der Waals surface area contributed by atoms with Crippen LogP contribution in [0.5, 0.6) is 0 Å². The second-order valence-corrected chi connectivity index (χ2v) is 4.50. The first kappa shape index (κ1) is 12.6. The first-order chi connectivity index (χ1) is 8.59. The van der Waals surface area contributed by atoms with E-state index in [-0.39, 0.29) is 5.91 Å². The lowest BCUT2D eigenvalue weighted by Crippen LogP contribution is -2.25. The number of hydrogen-bond acceptors (Lipinski definition) is 2. The molecule has 1 aromatic carbocycles. The van der Waals surface area contributed by atoms with Crippen LogP contribution >= 0.6 is 11.6 Å². The number of carbonyl (C=O) groups is 1. The molecule has 0 bridgehead atoms. The van der Waals surface area contributed by atoms with Crippen LogP contribution in [0.2, 0.25) is 5.02 Å². The number of nitrogens with two attached hydrogens (primary N) is 1. The van der Waals surface area contributed by atoms with Crippen LogP contribution in [0.1, 0.15) is 24.4 Å². The normalized spacial score (nSPS) is 12.3. The van der Waals surface area contributed by atoms with Gasteiger partial charge in [-0.15, -0.1) is 0 Å². The Hall–Kier alpha value is -1.81. The van der Waals surface area contributed by atoms with Crippen molar-refractivity contribution in [1.29, 1.82) is 0 Å². The summed E-state index contributed by atoms with van der Waals surface area (Å²) in [6.07, 6.45) is 3.98. The minimum Gasteiger partial charge on any atom is -0.368 e. The van der Waals surface area contributed by atoms with Gasteiger partial charge >= 0.3 is 0 Å². The van der Waals surface area contributed by atoms with Gasteiger partial charge in [-0.25, -0.2) is 4.98 Å². The molecule has 0 radical (unpaired) electrons. The molecule has 0 aliphatic carbocycles. The van der Waals surface area contributed by atoms with E-state index < -0.39 is 6.04 Å². The van der Waals surface area contributed by atoms with E-state index in [4.69, 9.17) is 17.3 Å². The summed E-state index contributed by atoms with van der Waals surface area (Å²) in [6.45, 7) is 1.75. The minimum atomic E-state index is -0.412. The summed E-state index contributed by atoms with van der Waals surface area (Å²) in [5.74, 6) is 0.391. The van der Waals surface area contributed by atoms with Crippen LogP contribution in [0.4, 0.5) is 0 Å². The van der Waals surface area contributed by atoms with E-state index in [9.17, 15) is 4.79 Å². The molecule has 0 spiro atoms. The summed E-state index contributed by atoms with van der Waals surface area (Å²) in [6, 6.07) is 7.17. The molecule has 4 nitrogen and oxygen atoms in total. The standard InChI is InChI=1S/C13H14ClN3O/c1-9(13(15)18)17-7-6-16-12(17)8-10-4-2-3-5-11(10)14/h2-7,9H,8H2,1H3,(H2,15,18). The molecule has 2 rings (SSSR count). The van der Waals surface area contributed by atoms with Gasteiger partial charge in [0.15, 0.2) is 0 Å². The molecule has 2 N–H and O–H groups in total. The first-order valence-corrected chi connectivity index (χ1v) is 6.02. The lowest BCUT2D eigenvalue weighted by molar-refractivity contribution is -0.120. The van der Waals surface area contributed by atoms with Gasteiger partial charge in [-0.2, -0.15) is 0 Å². The third kappa shape index (κ3) is 2.54. The highest BCUT2D eigenvalue weighted by atomic mass is 35.5. The van der Waals surface area contributed by atoms with Crippen molar-refractivity contribution in [3.8, 4) is 0 Å². The number of hydrogen-bond donors (Lipinski definition) is 1. The van der Waals surface area contributed by atoms with E-state index in [1.54, 1.807) is 23.9 Å². The first-order valence-electron chi connectivity index (χ1n) is 5.64. The predicted octanol–water partition coefficient (Wildman–Crippen LogP) is 2.17. The maximum Gasteiger partial charge on any atom is 0.240 e. The topological polar surface area (TPSA) is 60.9 Å². The highest BCUT2D eigenvalue weighted by molar-refractivity contribution is 6.31. The number of aromatic nitrogens is 2. The van der Waals surface area contributed by atoms with E-state index in [0.717, 1.165) is 11.4 Å². The molecule has 1 atom stereocenters. The minimum absolute atomic E-state index is 0.381. The Balaban J connectivity index is 2.28. The fraction of sp³-hybridized carbons (Fsp3) is 0.231. The number of nitrogens with zero attached hydrogens (tertiary/aromatic N) is 2. The van der Waals surface area contributed by atoms with Crippen LogP contribution in [-0.4, -0.2) is 15.5 Å². The lowest BCUT2D eigenvalue weighted by Gasteiger charge is -2.13. The fourth-order valence-corrected chi connectivity index (χ4v) is 1.99. The SMILES string of the molecule is CC(C(N)=O)n1ccnc1Cc1ccccc1Cl. The third-order valence-corrected chi connectivity index (χ3v) is 3.25. The summed E-state index contributed by atoms with van der Waals surface area (Å²) in [5, 5.41) is 0.693. The van der Waals surface area contributed by atoms with Gasteiger partial charge in [0.2, 0.25) is 5.91 Å². The quantitative estimate of drug-likeness (QED) is 0.919. The van der Waals surface area contributed by atoms with Crippen LogP contribution in [-0.2, 0) is 11.2 Å². The zero-order chi connectivity index (χ0) is 13.1. The Kier molecular flexibility index (Phi) is 3.67. The smallest absolute Gasteiger partial charge is 0.240 e. The Morgan fingerprint density at radius 3 is 2.89 bits per heavy atom. The molecule has 2 aromatic rings. The zero-order valence-corrected chi connectivity index (χ0v) is 10.8. The van der Waals surface area contributed by atoms with Gasteiger partial charge in [0.1, 0.15) is 11.9 Å². The maximum atomic E-state index is 11.2. The average molecular weight is 264 g/mol. The molecule has 1 aromatic heterocycles. The summed E-state index contributed by atoms with van der Waals surface area (Å²) in [4.78, 5) is 15.5. The van der Waals surface area contributed by atoms with Crippen LogP contribution in [0.25, 0.3) is 0 Å². The summed E-state index contributed by atoms with van der Waals surface area (Å²) in [5.41, 5.74) is 6.28. The second-order valence-electron chi connectivity index (χ2n) is 4.10. The largest absolute Gasteiger partial charge is 0.368 e. The van der Waals surface area contributed by atoms with E-state index in [1.807, 2.05) is 24.3 Å². The van der Waals surface area contributed by atoms with Crippen LogP contribution in [0.3, 0.4) is 0 Å². The van der Waals surface area contributed by atoms with Gasteiger partial charge in [-0.1, -0.05) is 29.8 Å². The molecule has 5 heteroatoms. The fourth-order valence-electron chi connectivity index (χ4n) is 1.78.